The standard InChI is InChI=1S/C20H30N2/c1-2-3-4-5-6-7-8-9-10-16-11-12-17-14-19(21)20(22)15-18(17)13-16/h11-15H,2-10,21-22H2,1H3. The van der Waals surface area contributed by atoms with Gasteiger partial charge >= 0.3 is 0 Å². The van der Waals surface area contributed by atoms with Crippen molar-refractivity contribution in [3.05, 3.63) is 35.9 Å². The van der Waals surface area contributed by atoms with Gasteiger partial charge in [-0.2, -0.15) is 0 Å². The molecule has 0 aliphatic heterocycles. The van der Waals surface area contributed by atoms with Crippen LogP contribution < -0.4 is 11.5 Å². The second kappa shape index (κ2) is 8.67. The highest BCUT2D eigenvalue weighted by molar-refractivity contribution is 5.91. The molecule has 0 fully saturated rings. The van der Waals surface area contributed by atoms with E-state index < -0.39 is 0 Å². The zero-order valence-corrected chi connectivity index (χ0v) is 13.9. The van der Waals surface area contributed by atoms with Crippen LogP contribution in [0.4, 0.5) is 11.4 Å². The van der Waals surface area contributed by atoms with Gasteiger partial charge in [0.05, 0.1) is 11.4 Å². The van der Waals surface area contributed by atoms with E-state index in [0.717, 1.165) is 6.42 Å². The number of nitrogens with two attached hydrogens (primary N) is 2. The van der Waals surface area contributed by atoms with Crippen molar-refractivity contribution in [3.8, 4) is 0 Å². The first kappa shape index (κ1) is 16.7. The third-order valence-corrected chi connectivity index (χ3v) is 4.43. The van der Waals surface area contributed by atoms with Gasteiger partial charge in [0.1, 0.15) is 0 Å². The number of aryl methyl sites for hydroxylation is 1. The van der Waals surface area contributed by atoms with Crippen molar-refractivity contribution in [1.29, 1.82) is 0 Å². The number of anilines is 2. The maximum atomic E-state index is 5.90. The van der Waals surface area contributed by atoms with Gasteiger partial charge in [-0.3, -0.25) is 0 Å². The average molecular weight is 298 g/mol. The van der Waals surface area contributed by atoms with Crippen molar-refractivity contribution in [2.24, 2.45) is 0 Å². The molecule has 2 aromatic rings. The summed E-state index contributed by atoms with van der Waals surface area (Å²) < 4.78 is 0. The maximum Gasteiger partial charge on any atom is 0.0554 e. The van der Waals surface area contributed by atoms with Crippen LogP contribution in [0.25, 0.3) is 10.8 Å². The summed E-state index contributed by atoms with van der Waals surface area (Å²) in [5.41, 5.74) is 14.5. The van der Waals surface area contributed by atoms with Crippen molar-refractivity contribution in [3.63, 3.8) is 0 Å². The molecule has 0 saturated carbocycles. The molecule has 2 rings (SSSR count). The Morgan fingerprint density at radius 1 is 0.682 bits per heavy atom. The molecule has 0 aromatic heterocycles. The molecule has 0 spiro atoms. The third kappa shape index (κ3) is 4.94. The van der Waals surface area contributed by atoms with E-state index in [0.29, 0.717) is 11.4 Å². The van der Waals surface area contributed by atoms with E-state index in [1.54, 1.807) is 0 Å². The van der Waals surface area contributed by atoms with Crippen LogP contribution in [0.2, 0.25) is 0 Å². The van der Waals surface area contributed by atoms with Gasteiger partial charge in [-0.25, -0.2) is 0 Å². The van der Waals surface area contributed by atoms with Gasteiger partial charge in [-0.1, -0.05) is 70.1 Å². The highest BCUT2D eigenvalue weighted by atomic mass is 14.7. The molecule has 0 saturated heterocycles. The fraction of sp³-hybridized carbons (Fsp3) is 0.500. The summed E-state index contributed by atoms with van der Waals surface area (Å²) in [5, 5.41) is 2.37. The van der Waals surface area contributed by atoms with Crippen molar-refractivity contribution in [2.75, 3.05) is 11.5 Å². The Morgan fingerprint density at radius 2 is 1.27 bits per heavy atom. The molecule has 0 atom stereocenters. The minimum atomic E-state index is 0.670. The van der Waals surface area contributed by atoms with Gasteiger partial charge in [0.15, 0.2) is 0 Å². The SMILES string of the molecule is CCCCCCCCCCc1ccc2cc(N)c(N)cc2c1. The Bertz CT molecular complexity index is 590. The second-order valence-corrected chi connectivity index (χ2v) is 6.39. The summed E-state index contributed by atoms with van der Waals surface area (Å²) in [6.07, 6.45) is 12.1. The monoisotopic (exact) mass is 298 g/mol. The molecule has 0 radical (unpaired) electrons. The molecule has 0 heterocycles. The number of nitrogen functional groups attached to an aromatic ring is 2. The van der Waals surface area contributed by atoms with E-state index in [1.165, 1.54) is 67.7 Å². The largest absolute Gasteiger partial charge is 0.397 e. The van der Waals surface area contributed by atoms with Crippen LogP contribution in [0.1, 0.15) is 63.9 Å². The molecule has 22 heavy (non-hydrogen) atoms. The van der Waals surface area contributed by atoms with Crippen molar-refractivity contribution in [1.82, 2.24) is 0 Å². The molecule has 0 aliphatic rings. The summed E-state index contributed by atoms with van der Waals surface area (Å²) in [6.45, 7) is 2.27. The van der Waals surface area contributed by atoms with Crippen LogP contribution in [0.5, 0.6) is 0 Å². The molecular weight excluding hydrogens is 268 g/mol. The van der Waals surface area contributed by atoms with Gasteiger partial charge < -0.3 is 11.5 Å². The maximum absolute atomic E-state index is 5.90. The molecular formula is C20H30N2. The molecule has 2 nitrogen and oxygen atoms in total. The van der Waals surface area contributed by atoms with E-state index in [1.807, 2.05) is 12.1 Å². The summed E-state index contributed by atoms with van der Waals surface area (Å²) in [7, 11) is 0. The average Bonchev–Trinajstić information content (AvgIpc) is 2.51. The van der Waals surface area contributed by atoms with Crippen LogP contribution >= 0.6 is 0 Å². The van der Waals surface area contributed by atoms with Gasteiger partial charge in [-0.15, -0.1) is 0 Å². The van der Waals surface area contributed by atoms with Gasteiger partial charge in [0.2, 0.25) is 0 Å². The molecule has 120 valence electrons. The first-order valence-electron chi connectivity index (χ1n) is 8.78. The van der Waals surface area contributed by atoms with Crippen LogP contribution in [-0.4, -0.2) is 0 Å². The Balaban J connectivity index is 1.76. The van der Waals surface area contributed by atoms with Crippen LogP contribution in [0.3, 0.4) is 0 Å². The topological polar surface area (TPSA) is 52.0 Å². The second-order valence-electron chi connectivity index (χ2n) is 6.39. The Hall–Kier alpha value is -1.70. The van der Waals surface area contributed by atoms with E-state index in [4.69, 9.17) is 11.5 Å². The van der Waals surface area contributed by atoms with Crippen LogP contribution in [0, 0.1) is 0 Å². The smallest absolute Gasteiger partial charge is 0.0554 e. The minimum Gasteiger partial charge on any atom is -0.397 e. The van der Waals surface area contributed by atoms with Crippen molar-refractivity contribution in [2.45, 2.75) is 64.7 Å². The number of unbranched alkanes of at least 4 members (excludes halogenated alkanes) is 7. The zero-order chi connectivity index (χ0) is 15.8. The first-order valence-corrected chi connectivity index (χ1v) is 8.78. The highest BCUT2D eigenvalue weighted by Crippen LogP contribution is 2.25. The van der Waals surface area contributed by atoms with E-state index in [2.05, 4.69) is 25.1 Å². The predicted molar refractivity (Wildman–Crippen MR) is 99.1 cm³/mol. The summed E-state index contributed by atoms with van der Waals surface area (Å²) in [6, 6.07) is 10.6. The lowest BCUT2D eigenvalue weighted by Crippen LogP contribution is -1.94. The highest BCUT2D eigenvalue weighted by Gasteiger charge is 2.01. The lowest BCUT2D eigenvalue weighted by Gasteiger charge is -2.07. The normalized spacial score (nSPS) is 11.1. The Morgan fingerprint density at radius 3 is 1.95 bits per heavy atom. The van der Waals surface area contributed by atoms with Gasteiger partial charge in [0.25, 0.3) is 0 Å². The molecule has 0 amide bonds. The number of hydrogen-bond acceptors (Lipinski definition) is 2. The fourth-order valence-corrected chi connectivity index (χ4v) is 3.00. The number of benzene rings is 2. The third-order valence-electron chi connectivity index (χ3n) is 4.43. The van der Waals surface area contributed by atoms with E-state index in [9.17, 15) is 0 Å². The quantitative estimate of drug-likeness (QED) is 0.461. The van der Waals surface area contributed by atoms with Gasteiger partial charge in [-0.05, 0) is 41.3 Å². The van der Waals surface area contributed by atoms with E-state index in [-0.39, 0.29) is 0 Å². The Labute approximate surface area is 134 Å². The van der Waals surface area contributed by atoms with Crippen LogP contribution in [-0.2, 0) is 6.42 Å². The molecule has 2 aromatic carbocycles. The zero-order valence-electron chi connectivity index (χ0n) is 13.9. The molecule has 0 unspecified atom stereocenters. The lowest BCUT2D eigenvalue weighted by atomic mass is 10.0. The summed E-state index contributed by atoms with van der Waals surface area (Å²) >= 11 is 0. The summed E-state index contributed by atoms with van der Waals surface area (Å²) in [4.78, 5) is 0. The van der Waals surface area contributed by atoms with Gasteiger partial charge in [0, 0.05) is 0 Å². The van der Waals surface area contributed by atoms with Crippen molar-refractivity contribution >= 4 is 22.1 Å². The summed E-state index contributed by atoms with van der Waals surface area (Å²) in [5.74, 6) is 0. The number of rotatable bonds is 9. The number of hydrogen-bond donors (Lipinski definition) is 2. The first-order chi connectivity index (χ1) is 10.7. The predicted octanol–water partition coefficient (Wildman–Crippen LogP) is 5.69. The molecule has 0 bridgehead atoms. The van der Waals surface area contributed by atoms with Crippen molar-refractivity contribution < 1.29 is 0 Å². The van der Waals surface area contributed by atoms with Crippen LogP contribution in [0.15, 0.2) is 30.3 Å². The molecule has 2 heteroatoms. The Kier molecular flexibility index (Phi) is 6.57. The molecule has 0 aliphatic carbocycles. The molecule has 4 N–H and O–H groups in total. The number of fused-ring (bicyclic) bond motifs is 1. The van der Waals surface area contributed by atoms with E-state index >= 15 is 0 Å². The fourth-order valence-electron chi connectivity index (χ4n) is 3.00. The minimum absolute atomic E-state index is 0.670. The lowest BCUT2D eigenvalue weighted by molar-refractivity contribution is 0.575.